The van der Waals surface area contributed by atoms with Gasteiger partial charge in [0.1, 0.15) is 6.33 Å². The van der Waals surface area contributed by atoms with Crippen LogP contribution in [0.15, 0.2) is 219 Å². The monoisotopic (exact) mass is 830 g/mol. The summed E-state index contributed by atoms with van der Waals surface area (Å²) in [4.78, 5) is 11.1. The molecule has 3 heterocycles. The van der Waals surface area contributed by atoms with E-state index >= 15 is 0 Å². The van der Waals surface area contributed by atoms with Crippen LogP contribution in [0.2, 0.25) is 0 Å². The number of para-hydroxylation sites is 4. The number of rotatable bonds is 7. The minimum absolute atomic E-state index is 0.831. The molecule has 5 nitrogen and oxygen atoms in total. The lowest BCUT2D eigenvalue weighted by atomic mass is 9.99. The van der Waals surface area contributed by atoms with Crippen LogP contribution in [0.4, 0.5) is 11.4 Å². The van der Waals surface area contributed by atoms with Crippen molar-refractivity contribution in [3.05, 3.63) is 219 Å². The average molecular weight is 831 g/mol. The largest absolute Gasteiger partial charge is 0.453 e. The van der Waals surface area contributed by atoms with Crippen LogP contribution in [0.5, 0.6) is 11.5 Å². The zero-order valence-electron chi connectivity index (χ0n) is 36.7. The fraction of sp³-hybridized carbons (Fsp3) is 0.0847. The summed E-state index contributed by atoms with van der Waals surface area (Å²) in [6.45, 7) is 10.1. The Balaban J connectivity index is 0.000000182. The smallest absolute Gasteiger partial charge is 0.152 e. The Hall–Kier alpha value is -8.02. The van der Waals surface area contributed by atoms with E-state index in [1.54, 1.807) is 6.33 Å². The number of ether oxygens (including phenoxy) is 1. The second kappa shape index (κ2) is 18.5. The fourth-order valence-corrected chi connectivity index (χ4v) is 8.76. The van der Waals surface area contributed by atoms with Crippen molar-refractivity contribution < 1.29 is 4.74 Å². The van der Waals surface area contributed by atoms with E-state index in [1.165, 1.54) is 49.3 Å². The Labute approximate surface area is 375 Å². The second-order valence-electron chi connectivity index (χ2n) is 15.4. The van der Waals surface area contributed by atoms with Gasteiger partial charge in [0.2, 0.25) is 0 Å². The third kappa shape index (κ3) is 7.73. The highest BCUT2D eigenvalue weighted by Gasteiger charge is 2.27. The van der Waals surface area contributed by atoms with E-state index in [2.05, 4.69) is 186 Å². The van der Waals surface area contributed by atoms with E-state index in [1.807, 2.05) is 68.5 Å². The number of fused-ring (bicyclic) bond motifs is 8. The Morgan fingerprint density at radius 2 is 1.31 bits per heavy atom. The summed E-state index contributed by atoms with van der Waals surface area (Å²) >= 11 is 0. The second-order valence-corrected chi connectivity index (χ2v) is 15.4. The first kappa shape index (κ1) is 41.3. The molecule has 5 heteroatoms. The number of aromatic nitrogens is 3. The molecule has 0 bridgehead atoms. The van der Waals surface area contributed by atoms with Gasteiger partial charge in [-0.05, 0) is 88.5 Å². The molecular formula is C59H50N4O. The minimum atomic E-state index is 0.831. The van der Waals surface area contributed by atoms with Crippen molar-refractivity contribution in [1.82, 2.24) is 14.5 Å². The van der Waals surface area contributed by atoms with Crippen molar-refractivity contribution in [3.8, 4) is 45.0 Å². The van der Waals surface area contributed by atoms with Crippen LogP contribution in [-0.2, 0) is 7.05 Å². The van der Waals surface area contributed by atoms with Crippen LogP contribution in [0, 0.1) is 0 Å². The van der Waals surface area contributed by atoms with E-state index in [9.17, 15) is 0 Å². The van der Waals surface area contributed by atoms with Crippen molar-refractivity contribution in [2.24, 2.45) is 7.05 Å². The average Bonchev–Trinajstić information content (AvgIpc) is 3.67. The number of hydrogen-bond donors (Lipinski definition) is 0. The molecule has 0 atom stereocenters. The molecule has 0 N–H and O–H groups in total. The number of hydrogen-bond acceptors (Lipinski definition) is 4. The minimum Gasteiger partial charge on any atom is -0.453 e. The molecule has 0 aliphatic carbocycles. The Bertz CT molecular complexity index is 3350. The van der Waals surface area contributed by atoms with Crippen LogP contribution < -0.4 is 9.64 Å². The first-order valence-electron chi connectivity index (χ1n) is 22.1. The van der Waals surface area contributed by atoms with Crippen molar-refractivity contribution in [3.63, 3.8) is 0 Å². The van der Waals surface area contributed by atoms with Crippen molar-refractivity contribution in [2.75, 3.05) is 4.90 Å². The van der Waals surface area contributed by atoms with Crippen molar-refractivity contribution in [1.29, 1.82) is 0 Å². The van der Waals surface area contributed by atoms with Crippen LogP contribution in [0.3, 0.4) is 0 Å². The summed E-state index contributed by atoms with van der Waals surface area (Å²) in [7, 11) is 2.17. The molecule has 2 aromatic heterocycles. The molecule has 0 amide bonds. The van der Waals surface area contributed by atoms with E-state index in [4.69, 9.17) is 4.74 Å². The van der Waals surface area contributed by atoms with Crippen molar-refractivity contribution >= 4 is 54.9 Å². The van der Waals surface area contributed by atoms with Gasteiger partial charge in [-0.1, -0.05) is 173 Å². The molecule has 11 rings (SSSR count). The summed E-state index contributed by atoms with van der Waals surface area (Å²) < 4.78 is 8.86. The molecule has 64 heavy (non-hydrogen) atoms. The van der Waals surface area contributed by atoms with E-state index in [0.717, 1.165) is 62.7 Å². The molecule has 0 unspecified atom stereocenters. The molecule has 1 aliphatic rings. The highest BCUT2D eigenvalue weighted by Crippen LogP contribution is 2.50. The van der Waals surface area contributed by atoms with Gasteiger partial charge in [-0.25, -0.2) is 9.97 Å². The first-order valence-corrected chi connectivity index (χ1v) is 22.1. The molecule has 0 radical (unpaired) electrons. The molecule has 8 aromatic carbocycles. The van der Waals surface area contributed by atoms with Gasteiger partial charge >= 0.3 is 0 Å². The Kier molecular flexibility index (Phi) is 12.0. The number of anilines is 2. The molecule has 10 aromatic rings. The maximum absolute atomic E-state index is 6.54. The number of benzene rings is 8. The maximum Gasteiger partial charge on any atom is 0.152 e. The first-order chi connectivity index (χ1) is 31.6. The van der Waals surface area contributed by atoms with Gasteiger partial charge in [0.25, 0.3) is 0 Å². The quantitative estimate of drug-likeness (QED) is 0.150. The summed E-state index contributed by atoms with van der Waals surface area (Å²) in [6.07, 6.45) is 10.8. The predicted molar refractivity (Wildman–Crippen MR) is 271 cm³/mol. The SMILES string of the molecule is C=C/C=C(\C=C/CC)N1c2ccccc2Oc2cc(-c3cccc4c5c6ccccc6ccc5n(C)c34)ccc21.CC.c1ccc(-c2cccc(-c3ncnc4ccccc34)c2)cc1. The fourth-order valence-electron chi connectivity index (χ4n) is 8.76. The van der Waals surface area contributed by atoms with Crippen LogP contribution in [-0.4, -0.2) is 14.5 Å². The maximum atomic E-state index is 6.54. The standard InChI is InChI=1S/C37H30N2O.C20H14N2.C2H6/c1-4-6-14-27(12-5-2)39-31-18-9-10-19-34(31)40-35-24-26(21-22-32(35)39)29-16-11-17-30-36-28-15-8-7-13-25(28)20-23-33(36)38(3)37(29)30;1-2-7-15(8-3-1)16-9-6-10-17(13-16)20-18-11-4-5-12-19(18)21-14-22-20;1-2/h5-24H,2,4H2,1,3H3;1-14H;1-2H3/b14-6-,27-12+;;. The van der Waals surface area contributed by atoms with Crippen LogP contribution in [0.25, 0.3) is 77.0 Å². The van der Waals surface area contributed by atoms with Crippen molar-refractivity contribution in [2.45, 2.75) is 27.2 Å². The van der Waals surface area contributed by atoms with Gasteiger partial charge in [-0.2, -0.15) is 0 Å². The Morgan fingerprint density at radius 1 is 0.609 bits per heavy atom. The lowest BCUT2D eigenvalue weighted by molar-refractivity contribution is 0.476. The van der Waals surface area contributed by atoms with E-state index in [0.29, 0.717) is 0 Å². The summed E-state index contributed by atoms with van der Waals surface area (Å²) in [6, 6.07) is 61.5. The zero-order chi connectivity index (χ0) is 44.0. The summed E-state index contributed by atoms with van der Waals surface area (Å²) in [5.41, 5.74) is 13.3. The molecule has 0 saturated heterocycles. The lowest BCUT2D eigenvalue weighted by Gasteiger charge is -2.33. The molecule has 312 valence electrons. The van der Waals surface area contributed by atoms with Crippen LogP contribution in [0.1, 0.15) is 27.2 Å². The highest BCUT2D eigenvalue weighted by atomic mass is 16.5. The molecule has 0 fully saturated rings. The van der Waals surface area contributed by atoms with E-state index < -0.39 is 0 Å². The lowest BCUT2D eigenvalue weighted by Crippen LogP contribution is -2.19. The third-order valence-corrected chi connectivity index (χ3v) is 11.6. The summed E-state index contributed by atoms with van der Waals surface area (Å²) in [5, 5.41) is 6.18. The topological polar surface area (TPSA) is 43.2 Å². The van der Waals surface area contributed by atoms with Gasteiger partial charge in [-0.3, -0.25) is 0 Å². The van der Waals surface area contributed by atoms with Gasteiger partial charge in [0, 0.05) is 45.5 Å². The zero-order valence-corrected chi connectivity index (χ0v) is 36.7. The molecule has 1 aliphatic heterocycles. The molecular weight excluding hydrogens is 781 g/mol. The third-order valence-electron chi connectivity index (χ3n) is 11.6. The van der Waals surface area contributed by atoms with E-state index in [-0.39, 0.29) is 0 Å². The Morgan fingerprint density at radius 3 is 2.16 bits per heavy atom. The highest BCUT2D eigenvalue weighted by molar-refractivity contribution is 6.22. The predicted octanol–water partition coefficient (Wildman–Crippen LogP) is 16.4. The normalized spacial score (nSPS) is 12.0. The van der Waals surface area contributed by atoms with Gasteiger partial charge in [0.05, 0.1) is 28.1 Å². The number of aryl methyl sites for hydroxylation is 1. The van der Waals surface area contributed by atoms with Crippen LogP contribution >= 0.6 is 0 Å². The van der Waals surface area contributed by atoms with Gasteiger partial charge < -0.3 is 14.2 Å². The molecule has 0 spiro atoms. The number of allylic oxidation sites excluding steroid dienone is 4. The van der Waals surface area contributed by atoms with Gasteiger partial charge in [-0.15, -0.1) is 0 Å². The number of nitrogens with zero attached hydrogens (tertiary/aromatic N) is 4. The van der Waals surface area contributed by atoms with Gasteiger partial charge in [0.15, 0.2) is 11.5 Å². The molecule has 0 saturated carbocycles. The summed E-state index contributed by atoms with van der Waals surface area (Å²) in [5.74, 6) is 1.67.